The third-order valence-electron chi connectivity index (χ3n) is 9.32. The molecule has 3 aromatic rings. The minimum atomic E-state index is -3.47. The number of anilines is 2. The molecule has 0 aromatic heterocycles. The Morgan fingerprint density at radius 2 is 1.63 bits per heavy atom. The average molecular weight is 528 g/mol. The Bertz CT molecular complexity index is 1470. The third-order valence-corrected chi connectivity index (χ3v) is 11.2. The molecule has 4 aliphatic rings. The highest BCUT2D eigenvalue weighted by Gasteiger charge is 2.53. The summed E-state index contributed by atoms with van der Waals surface area (Å²) in [5, 5.41) is 6.81. The molecule has 3 aromatic carbocycles. The number of hydrogen-bond acceptors (Lipinski definition) is 4. The zero-order chi connectivity index (χ0) is 25.9. The van der Waals surface area contributed by atoms with Gasteiger partial charge in [-0.1, -0.05) is 30.3 Å². The topological polar surface area (TPSA) is 78.5 Å². The Hall–Kier alpha value is -3.16. The van der Waals surface area contributed by atoms with E-state index < -0.39 is 10.0 Å². The van der Waals surface area contributed by atoms with E-state index in [1.807, 2.05) is 6.07 Å². The standard InChI is InChI=1S/C31H33N3O3S/c35-31(32-24-11-13-25(14-12-24)38(36,37)34-16-4-5-17-34)23-10-15-27-26(19-23)28-21-8-9-22(18-21)29(28)30(33-27)20-6-2-1-3-7-20/h1-3,6-7,10-15,19,21-22,28-30,33H,4-5,8-9,16-18H2,(H,32,35)/t21-,22-,28-,29-,30+/m0/s1. The van der Waals surface area contributed by atoms with Crippen LogP contribution in [0, 0.1) is 17.8 Å². The van der Waals surface area contributed by atoms with Gasteiger partial charge in [-0.2, -0.15) is 4.31 Å². The molecule has 38 heavy (non-hydrogen) atoms. The van der Waals surface area contributed by atoms with Crippen LogP contribution in [0.2, 0.25) is 0 Å². The Balaban J connectivity index is 1.13. The van der Waals surface area contributed by atoms with Gasteiger partial charge in [0.2, 0.25) is 10.0 Å². The van der Waals surface area contributed by atoms with Crippen molar-refractivity contribution in [1.82, 2.24) is 4.31 Å². The number of hydrogen-bond donors (Lipinski definition) is 2. The second kappa shape index (κ2) is 9.24. The van der Waals surface area contributed by atoms with Gasteiger partial charge in [0.05, 0.1) is 10.9 Å². The van der Waals surface area contributed by atoms with Gasteiger partial charge >= 0.3 is 0 Å². The summed E-state index contributed by atoms with van der Waals surface area (Å²) in [6.07, 6.45) is 5.66. The fraction of sp³-hybridized carbons (Fsp3) is 0.387. The van der Waals surface area contributed by atoms with Gasteiger partial charge in [-0.05, 0) is 109 Å². The molecule has 0 spiro atoms. The normalized spacial score (nSPS) is 27.9. The largest absolute Gasteiger partial charge is 0.378 e. The molecule has 7 rings (SSSR count). The van der Waals surface area contributed by atoms with Crippen LogP contribution in [0.3, 0.4) is 0 Å². The predicted molar refractivity (Wildman–Crippen MR) is 149 cm³/mol. The number of rotatable bonds is 5. The predicted octanol–water partition coefficient (Wildman–Crippen LogP) is 6.02. The molecule has 2 aliphatic carbocycles. The molecule has 2 bridgehead atoms. The van der Waals surface area contributed by atoms with Crippen LogP contribution in [0.5, 0.6) is 0 Å². The van der Waals surface area contributed by atoms with Gasteiger partial charge in [-0.3, -0.25) is 4.79 Å². The molecule has 7 heteroatoms. The van der Waals surface area contributed by atoms with Crippen molar-refractivity contribution in [2.75, 3.05) is 23.7 Å². The number of carbonyl (C=O) groups is 1. The first-order chi connectivity index (χ1) is 18.5. The van der Waals surface area contributed by atoms with Crippen LogP contribution in [0.1, 0.15) is 65.5 Å². The zero-order valence-corrected chi connectivity index (χ0v) is 22.2. The monoisotopic (exact) mass is 527 g/mol. The lowest BCUT2D eigenvalue weighted by molar-refractivity contribution is 0.102. The van der Waals surface area contributed by atoms with Crippen LogP contribution in [0.15, 0.2) is 77.7 Å². The lowest BCUT2D eigenvalue weighted by atomic mass is 9.68. The molecule has 6 nitrogen and oxygen atoms in total. The number of nitrogens with one attached hydrogen (secondary N) is 2. The first-order valence-electron chi connectivity index (χ1n) is 13.9. The molecule has 1 saturated heterocycles. The Morgan fingerprint density at radius 1 is 0.895 bits per heavy atom. The van der Waals surface area contributed by atoms with Crippen LogP contribution >= 0.6 is 0 Å². The molecule has 0 unspecified atom stereocenters. The Kier molecular flexibility index (Phi) is 5.82. The van der Waals surface area contributed by atoms with Gasteiger partial charge < -0.3 is 10.6 Å². The number of sulfonamides is 1. The molecule has 5 atom stereocenters. The van der Waals surface area contributed by atoms with E-state index in [9.17, 15) is 13.2 Å². The molecule has 2 saturated carbocycles. The minimum Gasteiger partial charge on any atom is -0.378 e. The lowest BCUT2D eigenvalue weighted by Crippen LogP contribution is -2.35. The highest BCUT2D eigenvalue weighted by molar-refractivity contribution is 7.89. The van der Waals surface area contributed by atoms with Crippen molar-refractivity contribution < 1.29 is 13.2 Å². The van der Waals surface area contributed by atoms with E-state index in [0.29, 0.717) is 48.1 Å². The molecule has 0 radical (unpaired) electrons. The molecule has 196 valence electrons. The van der Waals surface area contributed by atoms with Gasteiger partial charge in [0.25, 0.3) is 5.91 Å². The van der Waals surface area contributed by atoms with Crippen molar-refractivity contribution in [1.29, 1.82) is 0 Å². The SMILES string of the molecule is O=C(Nc1ccc(S(=O)(=O)N2CCCC2)cc1)c1ccc2c(c1)[C@@H]1[C@H]3CC[C@@H](C3)[C@@H]1[C@@H](c1ccccc1)N2. The van der Waals surface area contributed by atoms with Crippen molar-refractivity contribution in [3.63, 3.8) is 0 Å². The first kappa shape index (κ1) is 23.9. The van der Waals surface area contributed by atoms with Crippen LogP contribution < -0.4 is 10.6 Å². The number of carbonyl (C=O) groups excluding carboxylic acids is 1. The molecule has 1 amide bonds. The van der Waals surface area contributed by atoms with Gasteiger partial charge in [0.1, 0.15) is 0 Å². The second-order valence-electron chi connectivity index (χ2n) is 11.4. The Labute approximate surface area is 224 Å². The zero-order valence-electron chi connectivity index (χ0n) is 21.3. The van der Waals surface area contributed by atoms with E-state index in [2.05, 4.69) is 53.1 Å². The summed E-state index contributed by atoms with van der Waals surface area (Å²) in [5.41, 5.74) is 4.99. The van der Waals surface area contributed by atoms with E-state index in [1.165, 1.54) is 34.7 Å². The number of amides is 1. The number of fused-ring (bicyclic) bond motifs is 7. The summed E-state index contributed by atoms with van der Waals surface area (Å²) >= 11 is 0. The highest BCUT2D eigenvalue weighted by atomic mass is 32.2. The average Bonchev–Trinajstić information content (AvgIpc) is 3.72. The first-order valence-corrected chi connectivity index (χ1v) is 15.3. The van der Waals surface area contributed by atoms with Crippen LogP contribution in [0.25, 0.3) is 0 Å². The maximum absolute atomic E-state index is 13.3. The quantitative estimate of drug-likeness (QED) is 0.425. The van der Waals surface area contributed by atoms with E-state index in [0.717, 1.165) is 24.4 Å². The number of benzene rings is 3. The van der Waals surface area contributed by atoms with Gasteiger partial charge in [0, 0.05) is 30.0 Å². The fourth-order valence-corrected chi connectivity index (χ4v) is 9.13. The number of nitrogens with zero attached hydrogens (tertiary/aromatic N) is 1. The second-order valence-corrected chi connectivity index (χ2v) is 13.3. The maximum atomic E-state index is 13.3. The summed E-state index contributed by atoms with van der Waals surface area (Å²) in [7, 11) is -3.47. The van der Waals surface area contributed by atoms with Crippen LogP contribution in [-0.2, 0) is 10.0 Å². The molecule has 3 fully saturated rings. The summed E-state index contributed by atoms with van der Waals surface area (Å²) in [6.45, 7) is 1.15. The van der Waals surface area contributed by atoms with E-state index in [4.69, 9.17) is 0 Å². The van der Waals surface area contributed by atoms with E-state index >= 15 is 0 Å². The van der Waals surface area contributed by atoms with Gasteiger partial charge in [-0.15, -0.1) is 0 Å². The summed E-state index contributed by atoms with van der Waals surface area (Å²) in [4.78, 5) is 13.5. The highest BCUT2D eigenvalue weighted by Crippen LogP contribution is 2.63. The van der Waals surface area contributed by atoms with Gasteiger partial charge in [-0.25, -0.2) is 8.42 Å². The molecule has 2 N–H and O–H groups in total. The van der Waals surface area contributed by atoms with E-state index in [1.54, 1.807) is 24.3 Å². The van der Waals surface area contributed by atoms with Crippen molar-refractivity contribution in [3.8, 4) is 0 Å². The summed E-state index contributed by atoms with van der Waals surface area (Å²) < 4.78 is 27.2. The summed E-state index contributed by atoms with van der Waals surface area (Å²) in [5.74, 6) is 2.25. The third kappa shape index (κ3) is 3.95. The van der Waals surface area contributed by atoms with Gasteiger partial charge in [0.15, 0.2) is 0 Å². The lowest BCUT2D eigenvalue weighted by Gasteiger charge is -2.43. The van der Waals surface area contributed by atoms with Crippen molar-refractivity contribution in [2.45, 2.75) is 49.0 Å². The van der Waals surface area contributed by atoms with Crippen LogP contribution in [-0.4, -0.2) is 31.7 Å². The molecular weight excluding hydrogens is 494 g/mol. The Morgan fingerprint density at radius 3 is 2.39 bits per heavy atom. The minimum absolute atomic E-state index is 0.173. The summed E-state index contributed by atoms with van der Waals surface area (Å²) in [6, 6.07) is 23.7. The smallest absolute Gasteiger partial charge is 0.255 e. The van der Waals surface area contributed by atoms with E-state index in [-0.39, 0.29) is 10.8 Å². The van der Waals surface area contributed by atoms with Crippen LogP contribution in [0.4, 0.5) is 11.4 Å². The molecular formula is C31H33N3O3S. The molecule has 2 aliphatic heterocycles. The van der Waals surface area contributed by atoms with Crippen molar-refractivity contribution in [3.05, 3.63) is 89.5 Å². The fourth-order valence-electron chi connectivity index (χ4n) is 7.61. The van der Waals surface area contributed by atoms with Crippen molar-refractivity contribution in [2.24, 2.45) is 17.8 Å². The van der Waals surface area contributed by atoms with Crippen molar-refractivity contribution >= 4 is 27.3 Å². The maximum Gasteiger partial charge on any atom is 0.255 e. The molecule has 2 heterocycles.